The zero-order valence-electron chi connectivity index (χ0n) is 8.86. The lowest BCUT2D eigenvalue weighted by molar-refractivity contribution is -0.120. The molecule has 0 aliphatic carbocycles. The van der Waals surface area contributed by atoms with E-state index in [1.165, 1.54) is 20.8 Å². The molecule has 0 saturated carbocycles. The first-order chi connectivity index (χ1) is 5.34. The molecule has 0 fully saturated rings. The Kier molecular flexibility index (Phi) is 6.95. The predicted octanol–water partition coefficient (Wildman–Crippen LogP) is 2.29. The molecule has 0 saturated heterocycles. The molecule has 0 rings (SSSR count). The molecule has 0 aliphatic rings. The van der Waals surface area contributed by atoms with Crippen LogP contribution < -0.4 is 5.32 Å². The summed E-state index contributed by atoms with van der Waals surface area (Å²) in [5.41, 5.74) is -1.34. The molecule has 0 spiro atoms. The molecule has 1 atom stereocenters. The van der Waals surface area contributed by atoms with E-state index in [0.717, 1.165) is 0 Å². The molecule has 74 valence electrons. The average Bonchev–Trinajstić information content (AvgIpc) is 1.88. The van der Waals surface area contributed by atoms with Crippen LogP contribution in [0.3, 0.4) is 0 Å². The lowest BCUT2D eigenvalue weighted by Gasteiger charge is -2.23. The van der Waals surface area contributed by atoms with Crippen LogP contribution in [0.2, 0.25) is 0 Å². The number of carbonyl (C=O) groups excluding carboxylic acids is 1. The summed E-state index contributed by atoms with van der Waals surface area (Å²) < 4.78 is 12.9. The summed E-state index contributed by atoms with van der Waals surface area (Å²) in [4.78, 5) is 10.4. The molecule has 0 aromatic heterocycles. The number of hydrogen-bond donors (Lipinski definition) is 1. The minimum Gasteiger partial charge on any atom is -0.351 e. The van der Waals surface area contributed by atoms with Gasteiger partial charge < -0.3 is 5.32 Å². The third kappa shape index (κ3) is 7.51. The van der Waals surface area contributed by atoms with E-state index in [9.17, 15) is 9.18 Å². The molecule has 0 heterocycles. The van der Waals surface area contributed by atoms with Crippen molar-refractivity contribution in [2.24, 2.45) is 0 Å². The first-order valence-electron chi connectivity index (χ1n) is 4.30. The van der Waals surface area contributed by atoms with Crippen molar-refractivity contribution >= 4 is 5.91 Å². The Morgan fingerprint density at radius 2 is 1.75 bits per heavy atom. The molecule has 12 heavy (non-hydrogen) atoms. The highest BCUT2D eigenvalue weighted by Crippen LogP contribution is 2.13. The van der Waals surface area contributed by atoms with E-state index in [0.29, 0.717) is 0 Å². The van der Waals surface area contributed by atoms with Gasteiger partial charge in [-0.15, -0.1) is 0 Å². The molecule has 0 bridgehead atoms. The summed E-state index contributed by atoms with van der Waals surface area (Å²) in [5, 5.41) is 2.47. The Bertz CT molecular complexity index is 129. The molecule has 0 radical (unpaired) electrons. The molecule has 0 aliphatic heterocycles. The van der Waals surface area contributed by atoms with E-state index >= 15 is 0 Å². The van der Waals surface area contributed by atoms with Gasteiger partial charge in [-0.3, -0.25) is 4.79 Å². The van der Waals surface area contributed by atoms with Crippen LogP contribution in [-0.2, 0) is 4.79 Å². The van der Waals surface area contributed by atoms with Gasteiger partial charge in [0.15, 0.2) is 0 Å². The number of carbonyl (C=O) groups is 1. The number of hydrogen-bond acceptors (Lipinski definition) is 1. The third-order valence-corrected chi connectivity index (χ3v) is 1.45. The predicted molar refractivity (Wildman–Crippen MR) is 49.8 cm³/mol. The SMILES string of the molecule is CC.CC(=O)NC(C)C(C)(C)F. The van der Waals surface area contributed by atoms with Crippen LogP contribution in [0.4, 0.5) is 4.39 Å². The van der Waals surface area contributed by atoms with Crippen molar-refractivity contribution in [2.45, 2.75) is 53.3 Å². The molecular formula is C9H20FNO. The second-order valence-electron chi connectivity index (χ2n) is 2.99. The minimum atomic E-state index is -1.34. The Hall–Kier alpha value is -0.600. The maximum absolute atomic E-state index is 12.9. The average molecular weight is 177 g/mol. The number of alkyl halides is 1. The second-order valence-corrected chi connectivity index (χ2v) is 2.99. The topological polar surface area (TPSA) is 29.1 Å². The van der Waals surface area contributed by atoms with Crippen LogP contribution in [0, 0.1) is 0 Å². The van der Waals surface area contributed by atoms with Gasteiger partial charge in [0.05, 0.1) is 6.04 Å². The van der Waals surface area contributed by atoms with E-state index in [-0.39, 0.29) is 5.91 Å². The highest BCUT2D eigenvalue weighted by Gasteiger charge is 2.24. The number of nitrogens with one attached hydrogen (secondary N) is 1. The van der Waals surface area contributed by atoms with Gasteiger partial charge in [-0.2, -0.15) is 0 Å². The Morgan fingerprint density at radius 3 is 1.83 bits per heavy atom. The van der Waals surface area contributed by atoms with Gasteiger partial charge in [-0.25, -0.2) is 4.39 Å². The summed E-state index contributed by atoms with van der Waals surface area (Å²) in [6.07, 6.45) is 0. The number of amides is 1. The fourth-order valence-electron chi connectivity index (χ4n) is 0.477. The Morgan fingerprint density at radius 1 is 1.42 bits per heavy atom. The van der Waals surface area contributed by atoms with Gasteiger partial charge in [-0.05, 0) is 20.8 Å². The molecule has 1 unspecified atom stereocenters. The van der Waals surface area contributed by atoms with Gasteiger partial charge in [0.1, 0.15) is 5.67 Å². The lowest BCUT2D eigenvalue weighted by atomic mass is 10.0. The van der Waals surface area contributed by atoms with Crippen molar-refractivity contribution in [3.8, 4) is 0 Å². The van der Waals surface area contributed by atoms with Crippen LogP contribution in [0.1, 0.15) is 41.5 Å². The molecule has 0 aromatic rings. The Balaban J connectivity index is 0. The minimum absolute atomic E-state index is 0.196. The van der Waals surface area contributed by atoms with Gasteiger partial charge in [0, 0.05) is 6.92 Å². The van der Waals surface area contributed by atoms with Gasteiger partial charge in [-0.1, -0.05) is 13.8 Å². The molecule has 1 N–H and O–H groups in total. The van der Waals surface area contributed by atoms with E-state index in [4.69, 9.17) is 0 Å². The molecule has 1 amide bonds. The highest BCUT2D eigenvalue weighted by molar-refractivity contribution is 5.73. The largest absolute Gasteiger partial charge is 0.351 e. The van der Waals surface area contributed by atoms with Crippen molar-refractivity contribution in [1.29, 1.82) is 0 Å². The van der Waals surface area contributed by atoms with Crippen LogP contribution in [0.25, 0.3) is 0 Å². The van der Waals surface area contributed by atoms with Crippen molar-refractivity contribution in [2.75, 3.05) is 0 Å². The summed E-state index contributed by atoms with van der Waals surface area (Å²) in [6, 6.07) is -0.426. The van der Waals surface area contributed by atoms with Crippen molar-refractivity contribution < 1.29 is 9.18 Å². The molecule has 3 heteroatoms. The van der Waals surface area contributed by atoms with Gasteiger partial charge >= 0.3 is 0 Å². The van der Waals surface area contributed by atoms with Crippen LogP contribution in [-0.4, -0.2) is 17.6 Å². The quantitative estimate of drug-likeness (QED) is 0.689. The van der Waals surface area contributed by atoms with Crippen LogP contribution in [0.15, 0.2) is 0 Å². The maximum atomic E-state index is 12.9. The fraction of sp³-hybridized carbons (Fsp3) is 0.889. The molecule has 2 nitrogen and oxygen atoms in total. The molecule has 0 aromatic carbocycles. The summed E-state index contributed by atoms with van der Waals surface area (Å²) >= 11 is 0. The summed E-state index contributed by atoms with van der Waals surface area (Å²) in [5.74, 6) is -0.196. The van der Waals surface area contributed by atoms with E-state index in [2.05, 4.69) is 5.32 Å². The smallest absolute Gasteiger partial charge is 0.217 e. The normalized spacial score (nSPS) is 12.6. The van der Waals surface area contributed by atoms with Gasteiger partial charge in [0.25, 0.3) is 0 Å². The summed E-state index contributed by atoms with van der Waals surface area (Å²) in [6.45, 7) is 9.89. The summed E-state index contributed by atoms with van der Waals surface area (Å²) in [7, 11) is 0. The first kappa shape index (κ1) is 14.0. The van der Waals surface area contributed by atoms with Crippen molar-refractivity contribution in [3.63, 3.8) is 0 Å². The van der Waals surface area contributed by atoms with E-state index in [1.54, 1.807) is 6.92 Å². The van der Waals surface area contributed by atoms with E-state index in [1.807, 2.05) is 13.8 Å². The number of rotatable bonds is 2. The monoisotopic (exact) mass is 177 g/mol. The van der Waals surface area contributed by atoms with Crippen molar-refractivity contribution in [1.82, 2.24) is 5.32 Å². The Labute approximate surface area is 74.5 Å². The fourth-order valence-corrected chi connectivity index (χ4v) is 0.477. The lowest BCUT2D eigenvalue weighted by Crippen LogP contribution is -2.43. The second kappa shape index (κ2) is 5.98. The van der Waals surface area contributed by atoms with E-state index < -0.39 is 11.7 Å². The van der Waals surface area contributed by atoms with Crippen LogP contribution >= 0.6 is 0 Å². The first-order valence-corrected chi connectivity index (χ1v) is 4.30. The third-order valence-electron chi connectivity index (χ3n) is 1.45. The van der Waals surface area contributed by atoms with Crippen molar-refractivity contribution in [3.05, 3.63) is 0 Å². The number of halogens is 1. The standard InChI is InChI=1S/C7H14FNO.C2H6/c1-5(7(3,4)8)9-6(2)10;1-2/h5H,1-4H3,(H,9,10);1-2H3. The zero-order valence-corrected chi connectivity index (χ0v) is 8.86. The highest BCUT2D eigenvalue weighted by atomic mass is 19.1. The maximum Gasteiger partial charge on any atom is 0.217 e. The van der Waals surface area contributed by atoms with Gasteiger partial charge in [0.2, 0.25) is 5.91 Å². The molecular weight excluding hydrogens is 157 g/mol. The van der Waals surface area contributed by atoms with Crippen LogP contribution in [0.5, 0.6) is 0 Å². The zero-order chi connectivity index (χ0) is 10.4.